The minimum Gasteiger partial charge on any atom is -0.490 e. The first kappa shape index (κ1) is 22.3. The highest BCUT2D eigenvalue weighted by Crippen LogP contribution is 2.47. The highest BCUT2D eigenvalue weighted by Gasteiger charge is 2.36. The summed E-state index contributed by atoms with van der Waals surface area (Å²) in [7, 11) is 0. The highest BCUT2D eigenvalue weighted by atomic mass is 35.5. The number of halogens is 1. The SMILES string of the molecule is O=C(CN1CCCC(O)(COc2cccc(Cl)c2)C1)N1c2ccccc2Sc2ccccc21. The van der Waals surface area contributed by atoms with Crippen molar-refractivity contribution in [1.29, 1.82) is 0 Å². The van der Waals surface area contributed by atoms with Crippen LogP contribution in [0.25, 0.3) is 0 Å². The van der Waals surface area contributed by atoms with E-state index in [2.05, 4.69) is 0 Å². The van der Waals surface area contributed by atoms with E-state index in [9.17, 15) is 9.90 Å². The molecular weight excluding hydrogens is 456 g/mol. The molecule has 5 nitrogen and oxygen atoms in total. The average molecular weight is 481 g/mol. The van der Waals surface area contributed by atoms with Gasteiger partial charge in [-0.2, -0.15) is 0 Å². The summed E-state index contributed by atoms with van der Waals surface area (Å²) in [5.41, 5.74) is 0.791. The number of nitrogens with zero attached hydrogens (tertiary/aromatic N) is 2. The van der Waals surface area contributed by atoms with Gasteiger partial charge in [-0.1, -0.05) is 53.7 Å². The predicted octanol–water partition coefficient (Wildman–Crippen LogP) is 5.38. The number of aliphatic hydroxyl groups is 1. The highest BCUT2D eigenvalue weighted by molar-refractivity contribution is 7.99. The summed E-state index contributed by atoms with van der Waals surface area (Å²) in [5.74, 6) is 0.623. The van der Waals surface area contributed by atoms with Crippen LogP contribution < -0.4 is 9.64 Å². The number of hydrogen-bond donors (Lipinski definition) is 1. The lowest BCUT2D eigenvalue weighted by Crippen LogP contribution is -2.53. The zero-order valence-corrected chi connectivity index (χ0v) is 19.7. The van der Waals surface area contributed by atoms with Gasteiger partial charge < -0.3 is 9.84 Å². The Morgan fingerprint density at radius 1 is 1.03 bits per heavy atom. The molecule has 2 aliphatic heterocycles. The number of likely N-dealkylation sites (tertiary alicyclic amines) is 1. The Balaban J connectivity index is 1.30. The Morgan fingerprint density at radius 2 is 1.73 bits per heavy atom. The second kappa shape index (κ2) is 9.39. The van der Waals surface area contributed by atoms with Gasteiger partial charge in [0.05, 0.1) is 17.9 Å². The van der Waals surface area contributed by atoms with Crippen molar-refractivity contribution in [3.8, 4) is 5.75 Å². The molecule has 0 saturated carbocycles. The fraction of sp³-hybridized carbons (Fsp3) is 0.269. The van der Waals surface area contributed by atoms with Crippen LogP contribution in [0.5, 0.6) is 5.75 Å². The molecule has 1 N–H and O–H groups in total. The van der Waals surface area contributed by atoms with Crippen molar-refractivity contribution in [2.24, 2.45) is 0 Å². The van der Waals surface area contributed by atoms with Crippen molar-refractivity contribution in [1.82, 2.24) is 4.90 Å². The number of carbonyl (C=O) groups is 1. The van der Waals surface area contributed by atoms with E-state index in [0.717, 1.165) is 34.1 Å². The summed E-state index contributed by atoms with van der Waals surface area (Å²) >= 11 is 7.71. The number of carbonyl (C=O) groups excluding carboxylic acids is 1. The maximum atomic E-state index is 13.6. The number of fused-ring (bicyclic) bond motifs is 2. The Kier molecular flexibility index (Phi) is 6.34. The molecule has 2 aliphatic rings. The summed E-state index contributed by atoms with van der Waals surface area (Å²) < 4.78 is 5.83. The topological polar surface area (TPSA) is 53.0 Å². The van der Waals surface area contributed by atoms with E-state index in [4.69, 9.17) is 16.3 Å². The van der Waals surface area contributed by atoms with Crippen molar-refractivity contribution in [2.45, 2.75) is 28.2 Å². The lowest BCUT2D eigenvalue weighted by atomic mass is 9.93. The minimum atomic E-state index is -1.02. The lowest BCUT2D eigenvalue weighted by molar-refractivity contribution is -0.121. The number of benzene rings is 3. The maximum absolute atomic E-state index is 13.6. The van der Waals surface area contributed by atoms with Crippen LogP contribution in [0.3, 0.4) is 0 Å². The van der Waals surface area contributed by atoms with Crippen LogP contribution in [-0.4, -0.2) is 47.8 Å². The Labute approximate surface area is 202 Å². The van der Waals surface area contributed by atoms with E-state index in [1.807, 2.05) is 70.5 Å². The van der Waals surface area contributed by atoms with Crippen LogP contribution in [0, 0.1) is 0 Å². The Bertz CT molecular complexity index is 1130. The molecule has 170 valence electrons. The maximum Gasteiger partial charge on any atom is 0.245 e. The molecule has 1 amide bonds. The molecule has 0 aliphatic carbocycles. The van der Waals surface area contributed by atoms with Crippen molar-refractivity contribution < 1.29 is 14.6 Å². The third-order valence-electron chi connectivity index (χ3n) is 5.98. The molecule has 3 aromatic rings. The van der Waals surface area contributed by atoms with Gasteiger partial charge in [-0.05, 0) is 61.9 Å². The summed E-state index contributed by atoms with van der Waals surface area (Å²) in [6.45, 7) is 1.53. The number of anilines is 2. The van der Waals surface area contributed by atoms with Crippen LogP contribution in [0.15, 0.2) is 82.6 Å². The van der Waals surface area contributed by atoms with Crippen molar-refractivity contribution in [3.63, 3.8) is 0 Å². The fourth-order valence-electron chi connectivity index (χ4n) is 4.47. The third kappa shape index (κ3) is 4.89. The van der Waals surface area contributed by atoms with Gasteiger partial charge in [0.1, 0.15) is 18.0 Å². The first-order valence-electron chi connectivity index (χ1n) is 11.0. The molecule has 7 heteroatoms. The third-order valence-corrected chi connectivity index (χ3v) is 7.34. The van der Waals surface area contributed by atoms with Gasteiger partial charge in [0.15, 0.2) is 0 Å². The zero-order chi connectivity index (χ0) is 22.8. The predicted molar refractivity (Wildman–Crippen MR) is 132 cm³/mol. The van der Waals surface area contributed by atoms with Crippen molar-refractivity contribution in [2.75, 3.05) is 31.1 Å². The van der Waals surface area contributed by atoms with Crippen LogP contribution >= 0.6 is 23.4 Å². The number of β-amino-alcohol motifs (C(OH)–C–C–N with tert-alkyl or cyclic N) is 1. The molecule has 33 heavy (non-hydrogen) atoms. The normalized spacial score (nSPS) is 20.1. The molecule has 1 unspecified atom stereocenters. The van der Waals surface area contributed by atoms with Crippen LogP contribution in [-0.2, 0) is 4.79 Å². The second-order valence-electron chi connectivity index (χ2n) is 8.55. The van der Waals surface area contributed by atoms with Crippen LogP contribution in [0.2, 0.25) is 5.02 Å². The number of para-hydroxylation sites is 2. The number of piperidine rings is 1. The molecule has 5 rings (SSSR count). The fourth-order valence-corrected chi connectivity index (χ4v) is 5.71. The Morgan fingerprint density at radius 3 is 2.42 bits per heavy atom. The molecule has 1 fully saturated rings. The van der Waals surface area contributed by atoms with Gasteiger partial charge >= 0.3 is 0 Å². The monoisotopic (exact) mass is 480 g/mol. The molecule has 0 spiro atoms. The van der Waals surface area contributed by atoms with E-state index in [1.165, 1.54) is 0 Å². The first-order valence-corrected chi connectivity index (χ1v) is 12.2. The zero-order valence-electron chi connectivity index (χ0n) is 18.1. The second-order valence-corrected chi connectivity index (χ2v) is 10.1. The van der Waals surface area contributed by atoms with Crippen LogP contribution in [0.4, 0.5) is 11.4 Å². The number of hydrogen-bond acceptors (Lipinski definition) is 5. The molecule has 0 radical (unpaired) electrons. The van der Waals surface area contributed by atoms with Gasteiger partial charge in [-0.3, -0.25) is 14.6 Å². The quantitative estimate of drug-likeness (QED) is 0.531. The molecule has 1 saturated heterocycles. The standard InChI is InChI=1S/C26H25ClN2O3S/c27-19-7-5-8-20(15-19)32-18-26(31)13-6-14-28(17-26)16-25(30)29-21-9-1-3-11-23(21)33-24-12-4-2-10-22(24)29/h1-5,7-12,15,31H,6,13-14,16-18H2. The largest absolute Gasteiger partial charge is 0.490 e. The van der Waals surface area contributed by atoms with E-state index in [1.54, 1.807) is 23.9 Å². The molecular formula is C26H25ClN2O3S. The number of amides is 1. The van der Waals surface area contributed by atoms with Gasteiger partial charge in [0.25, 0.3) is 0 Å². The van der Waals surface area contributed by atoms with E-state index in [-0.39, 0.29) is 19.1 Å². The van der Waals surface area contributed by atoms with Crippen molar-refractivity contribution in [3.05, 3.63) is 77.8 Å². The summed E-state index contributed by atoms with van der Waals surface area (Å²) in [6, 6.07) is 23.1. The molecule has 0 aromatic heterocycles. The smallest absolute Gasteiger partial charge is 0.245 e. The van der Waals surface area contributed by atoms with E-state index < -0.39 is 5.60 Å². The average Bonchev–Trinajstić information content (AvgIpc) is 2.81. The van der Waals surface area contributed by atoms with E-state index in [0.29, 0.717) is 23.7 Å². The summed E-state index contributed by atoms with van der Waals surface area (Å²) in [5, 5.41) is 11.8. The van der Waals surface area contributed by atoms with Crippen LogP contribution in [0.1, 0.15) is 12.8 Å². The number of rotatable bonds is 5. The lowest BCUT2D eigenvalue weighted by Gasteiger charge is -2.39. The first-order chi connectivity index (χ1) is 16.0. The van der Waals surface area contributed by atoms with Gasteiger partial charge in [-0.25, -0.2) is 0 Å². The summed E-state index contributed by atoms with van der Waals surface area (Å²) in [6.07, 6.45) is 1.43. The molecule has 3 aromatic carbocycles. The van der Waals surface area contributed by atoms with Gasteiger partial charge in [0, 0.05) is 21.4 Å². The summed E-state index contributed by atoms with van der Waals surface area (Å²) in [4.78, 5) is 19.5. The van der Waals surface area contributed by atoms with Gasteiger partial charge in [-0.15, -0.1) is 0 Å². The van der Waals surface area contributed by atoms with Crippen molar-refractivity contribution >= 4 is 40.6 Å². The number of ether oxygens (including phenoxy) is 1. The van der Waals surface area contributed by atoms with E-state index >= 15 is 0 Å². The van der Waals surface area contributed by atoms with Gasteiger partial charge in [0.2, 0.25) is 5.91 Å². The minimum absolute atomic E-state index is 0.00444. The molecule has 1 atom stereocenters. The Hall–Kier alpha value is -2.51. The molecule has 2 heterocycles. The molecule has 0 bridgehead atoms.